The summed E-state index contributed by atoms with van der Waals surface area (Å²) in [5.74, 6) is 1.53. The van der Waals surface area contributed by atoms with Crippen LogP contribution in [0.1, 0.15) is 62.5 Å². The van der Waals surface area contributed by atoms with Crippen LogP contribution in [0, 0.1) is 5.92 Å². The fourth-order valence-electron chi connectivity index (χ4n) is 4.18. The predicted molar refractivity (Wildman–Crippen MR) is 103 cm³/mol. The molecule has 5 nitrogen and oxygen atoms in total. The average Bonchev–Trinajstić information content (AvgIpc) is 3.53. The molecule has 2 amide bonds. The van der Waals surface area contributed by atoms with Gasteiger partial charge in [0.15, 0.2) is 0 Å². The molecule has 0 unspecified atom stereocenters. The summed E-state index contributed by atoms with van der Waals surface area (Å²) in [6.07, 6.45) is 9.28. The van der Waals surface area contributed by atoms with Crippen molar-refractivity contribution in [2.75, 3.05) is 13.2 Å². The number of aryl methyl sites for hydroxylation is 1. The first-order valence-corrected chi connectivity index (χ1v) is 10.5. The Labute approximate surface area is 161 Å². The molecule has 0 atom stereocenters. The summed E-state index contributed by atoms with van der Waals surface area (Å²) >= 11 is 0. The molecular formula is C22H30N2O3. The van der Waals surface area contributed by atoms with Gasteiger partial charge in [-0.05, 0) is 43.7 Å². The molecule has 146 valence electrons. The Bertz CT molecular complexity index is 693. The van der Waals surface area contributed by atoms with Gasteiger partial charge in [-0.25, -0.2) is 0 Å². The van der Waals surface area contributed by atoms with E-state index in [0.717, 1.165) is 49.0 Å². The number of hydrogen-bond acceptors (Lipinski definition) is 3. The van der Waals surface area contributed by atoms with E-state index in [1.54, 1.807) is 0 Å². The number of rotatable bonds is 5. The molecule has 0 bridgehead atoms. The minimum Gasteiger partial charge on any atom is -0.491 e. The van der Waals surface area contributed by atoms with Crippen LogP contribution in [-0.2, 0) is 22.6 Å². The van der Waals surface area contributed by atoms with Gasteiger partial charge >= 0.3 is 0 Å². The van der Waals surface area contributed by atoms with Crippen molar-refractivity contribution in [1.29, 1.82) is 0 Å². The Hall–Kier alpha value is -2.04. The molecule has 1 heterocycles. The predicted octanol–water partition coefficient (Wildman–Crippen LogP) is 3.20. The third-order valence-electron chi connectivity index (χ3n) is 5.95. The summed E-state index contributed by atoms with van der Waals surface area (Å²) in [6, 6.07) is 6.52. The molecule has 1 N–H and O–H groups in total. The van der Waals surface area contributed by atoms with E-state index in [4.69, 9.17) is 4.74 Å². The van der Waals surface area contributed by atoms with Crippen LogP contribution < -0.4 is 10.1 Å². The Morgan fingerprint density at radius 1 is 1.11 bits per heavy atom. The second kappa shape index (κ2) is 8.32. The fourth-order valence-corrected chi connectivity index (χ4v) is 4.18. The molecule has 4 rings (SSSR count). The molecule has 27 heavy (non-hydrogen) atoms. The highest BCUT2D eigenvalue weighted by Crippen LogP contribution is 2.33. The van der Waals surface area contributed by atoms with Crippen LogP contribution in [0.4, 0.5) is 0 Å². The van der Waals surface area contributed by atoms with E-state index in [1.165, 1.54) is 19.3 Å². The maximum Gasteiger partial charge on any atom is 0.226 e. The van der Waals surface area contributed by atoms with Crippen molar-refractivity contribution >= 4 is 11.8 Å². The van der Waals surface area contributed by atoms with E-state index in [2.05, 4.69) is 11.4 Å². The van der Waals surface area contributed by atoms with Crippen molar-refractivity contribution < 1.29 is 14.3 Å². The summed E-state index contributed by atoms with van der Waals surface area (Å²) in [6.45, 7) is 1.82. The van der Waals surface area contributed by atoms with Gasteiger partial charge in [-0.2, -0.15) is 0 Å². The van der Waals surface area contributed by atoms with Gasteiger partial charge < -0.3 is 15.0 Å². The maximum absolute atomic E-state index is 12.4. The summed E-state index contributed by atoms with van der Waals surface area (Å²) in [5.41, 5.74) is 2.20. The molecule has 2 aliphatic carbocycles. The number of nitrogens with one attached hydrogen (secondary N) is 1. The van der Waals surface area contributed by atoms with E-state index < -0.39 is 0 Å². The van der Waals surface area contributed by atoms with Gasteiger partial charge in [-0.1, -0.05) is 31.4 Å². The first-order chi connectivity index (χ1) is 13.2. The van der Waals surface area contributed by atoms with Crippen LogP contribution in [0.25, 0.3) is 0 Å². The molecule has 0 aromatic heterocycles. The monoisotopic (exact) mass is 370 g/mol. The minimum atomic E-state index is 0.152. The Morgan fingerprint density at radius 2 is 1.93 bits per heavy atom. The molecule has 0 radical (unpaired) electrons. The molecule has 3 aliphatic rings. The van der Waals surface area contributed by atoms with Crippen molar-refractivity contribution in [2.45, 2.75) is 70.4 Å². The lowest BCUT2D eigenvalue weighted by atomic mass is 9.95. The average molecular weight is 370 g/mol. The van der Waals surface area contributed by atoms with Crippen molar-refractivity contribution in [1.82, 2.24) is 10.2 Å². The molecular weight excluding hydrogens is 340 g/mol. The van der Waals surface area contributed by atoms with E-state index in [1.807, 2.05) is 17.0 Å². The van der Waals surface area contributed by atoms with Crippen LogP contribution in [0.5, 0.6) is 5.75 Å². The van der Waals surface area contributed by atoms with Crippen LogP contribution in [0.2, 0.25) is 0 Å². The minimum absolute atomic E-state index is 0.152. The zero-order valence-corrected chi connectivity index (χ0v) is 16.0. The Balaban J connectivity index is 1.34. The SMILES string of the molecule is O=C(CCc1ccc2c(c1)CN(C(=O)C1CC1)CCO2)NC1CCCCC1. The van der Waals surface area contributed by atoms with Crippen molar-refractivity contribution in [3.63, 3.8) is 0 Å². The molecule has 1 aliphatic heterocycles. The molecule has 1 aromatic rings. The van der Waals surface area contributed by atoms with E-state index in [-0.39, 0.29) is 17.7 Å². The summed E-state index contributed by atoms with van der Waals surface area (Å²) < 4.78 is 5.84. The first kappa shape index (κ1) is 18.3. The number of ether oxygens (including phenoxy) is 1. The maximum atomic E-state index is 12.4. The molecule has 5 heteroatoms. The van der Waals surface area contributed by atoms with Gasteiger partial charge in [-0.15, -0.1) is 0 Å². The summed E-state index contributed by atoms with van der Waals surface area (Å²) in [4.78, 5) is 26.6. The van der Waals surface area contributed by atoms with Gasteiger partial charge in [0.1, 0.15) is 12.4 Å². The number of amides is 2. The second-order valence-corrected chi connectivity index (χ2v) is 8.23. The highest BCUT2D eigenvalue weighted by atomic mass is 16.5. The standard InChI is InChI=1S/C22H30N2O3/c25-21(23-19-4-2-1-3-5-19)11-7-16-6-10-20-18(14-16)15-24(12-13-27-20)22(26)17-8-9-17/h6,10,14,17,19H,1-5,7-9,11-13,15H2,(H,23,25). The third-order valence-corrected chi connectivity index (χ3v) is 5.95. The molecule has 1 aromatic carbocycles. The fraction of sp³-hybridized carbons (Fsp3) is 0.636. The van der Waals surface area contributed by atoms with Gasteiger partial charge in [0.2, 0.25) is 11.8 Å². The zero-order chi connectivity index (χ0) is 18.6. The van der Waals surface area contributed by atoms with E-state index in [0.29, 0.717) is 32.2 Å². The van der Waals surface area contributed by atoms with Crippen molar-refractivity contribution in [2.24, 2.45) is 5.92 Å². The number of carbonyl (C=O) groups excluding carboxylic acids is 2. The van der Waals surface area contributed by atoms with Crippen LogP contribution >= 0.6 is 0 Å². The van der Waals surface area contributed by atoms with Gasteiger partial charge in [0.25, 0.3) is 0 Å². The van der Waals surface area contributed by atoms with Crippen molar-refractivity contribution in [3.05, 3.63) is 29.3 Å². The second-order valence-electron chi connectivity index (χ2n) is 8.23. The lowest BCUT2D eigenvalue weighted by Gasteiger charge is -2.22. The number of nitrogens with zero attached hydrogens (tertiary/aromatic N) is 1. The summed E-state index contributed by atoms with van der Waals surface area (Å²) in [7, 11) is 0. The van der Waals surface area contributed by atoms with Gasteiger partial charge in [-0.3, -0.25) is 9.59 Å². The Morgan fingerprint density at radius 3 is 2.70 bits per heavy atom. The van der Waals surface area contributed by atoms with Crippen LogP contribution in [0.15, 0.2) is 18.2 Å². The highest BCUT2D eigenvalue weighted by Gasteiger charge is 2.34. The zero-order valence-electron chi connectivity index (χ0n) is 16.0. The molecule has 2 saturated carbocycles. The number of hydrogen-bond donors (Lipinski definition) is 1. The van der Waals surface area contributed by atoms with E-state index in [9.17, 15) is 9.59 Å². The van der Waals surface area contributed by atoms with E-state index >= 15 is 0 Å². The largest absolute Gasteiger partial charge is 0.491 e. The number of benzene rings is 1. The molecule has 0 saturated heterocycles. The Kier molecular flexibility index (Phi) is 5.65. The summed E-state index contributed by atoms with van der Waals surface area (Å²) in [5, 5.41) is 3.19. The number of fused-ring (bicyclic) bond motifs is 1. The quantitative estimate of drug-likeness (QED) is 0.866. The van der Waals surface area contributed by atoms with Gasteiger partial charge in [0, 0.05) is 30.5 Å². The van der Waals surface area contributed by atoms with Crippen LogP contribution in [0.3, 0.4) is 0 Å². The third kappa shape index (κ3) is 4.82. The lowest BCUT2D eigenvalue weighted by molar-refractivity contribution is -0.133. The van der Waals surface area contributed by atoms with Gasteiger partial charge in [0.05, 0.1) is 6.54 Å². The topological polar surface area (TPSA) is 58.6 Å². The normalized spacial score (nSPS) is 20.4. The molecule has 0 spiro atoms. The van der Waals surface area contributed by atoms with Crippen molar-refractivity contribution in [3.8, 4) is 5.75 Å². The lowest BCUT2D eigenvalue weighted by Crippen LogP contribution is -2.36. The smallest absolute Gasteiger partial charge is 0.226 e. The molecule has 2 fully saturated rings. The number of carbonyl (C=O) groups is 2. The highest BCUT2D eigenvalue weighted by molar-refractivity contribution is 5.81. The van der Waals surface area contributed by atoms with Crippen LogP contribution in [-0.4, -0.2) is 35.9 Å². The first-order valence-electron chi connectivity index (χ1n) is 10.5.